The Morgan fingerprint density at radius 3 is 2.76 bits per heavy atom. The van der Waals surface area contributed by atoms with Crippen LogP contribution in [0.5, 0.6) is 0 Å². The fourth-order valence-electron chi connectivity index (χ4n) is 1.96. The molecule has 0 unspecified atom stereocenters. The summed E-state index contributed by atoms with van der Waals surface area (Å²) in [5.74, 6) is 2.56. The molecule has 0 aliphatic heterocycles. The van der Waals surface area contributed by atoms with Gasteiger partial charge in [-0.05, 0) is 26.7 Å². The van der Waals surface area contributed by atoms with Crippen molar-refractivity contribution in [3.8, 4) is 0 Å². The standard InChI is InChI=1S/C11H15N5O/c1-6-7(2)17-9(13-6)5-16-10(8-3-4-8)11(12)14-15-16/h8H,3-5,12H2,1-2H3. The van der Waals surface area contributed by atoms with E-state index in [9.17, 15) is 0 Å². The Morgan fingerprint density at radius 2 is 2.18 bits per heavy atom. The zero-order valence-corrected chi connectivity index (χ0v) is 9.97. The molecule has 0 radical (unpaired) electrons. The van der Waals surface area contributed by atoms with Crippen LogP contribution in [0, 0.1) is 13.8 Å². The van der Waals surface area contributed by atoms with Crippen LogP contribution in [0.3, 0.4) is 0 Å². The molecule has 17 heavy (non-hydrogen) atoms. The quantitative estimate of drug-likeness (QED) is 0.866. The van der Waals surface area contributed by atoms with Crippen LogP contribution in [0.15, 0.2) is 4.42 Å². The van der Waals surface area contributed by atoms with Gasteiger partial charge in [0, 0.05) is 5.92 Å². The zero-order valence-electron chi connectivity index (χ0n) is 9.97. The molecule has 6 heteroatoms. The van der Waals surface area contributed by atoms with Gasteiger partial charge in [0.1, 0.15) is 12.3 Å². The van der Waals surface area contributed by atoms with Crippen molar-refractivity contribution in [2.45, 2.75) is 39.2 Å². The van der Waals surface area contributed by atoms with Crippen LogP contribution in [0.1, 0.15) is 41.8 Å². The summed E-state index contributed by atoms with van der Waals surface area (Å²) in [4.78, 5) is 4.34. The predicted molar refractivity (Wildman–Crippen MR) is 61.5 cm³/mol. The van der Waals surface area contributed by atoms with Crippen molar-refractivity contribution in [3.63, 3.8) is 0 Å². The third-order valence-electron chi connectivity index (χ3n) is 3.12. The Labute approximate surface area is 98.8 Å². The lowest BCUT2D eigenvalue weighted by Crippen LogP contribution is -2.07. The molecule has 3 rings (SSSR count). The third-order valence-corrected chi connectivity index (χ3v) is 3.12. The van der Waals surface area contributed by atoms with Gasteiger partial charge in [0.15, 0.2) is 5.82 Å². The van der Waals surface area contributed by atoms with Gasteiger partial charge in [-0.25, -0.2) is 9.67 Å². The van der Waals surface area contributed by atoms with Crippen molar-refractivity contribution in [3.05, 3.63) is 23.0 Å². The summed E-state index contributed by atoms with van der Waals surface area (Å²) in [6, 6.07) is 0. The van der Waals surface area contributed by atoms with Gasteiger partial charge < -0.3 is 10.2 Å². The lowest BCUT2D eigenvalue weighted by atomic mass is 10.3. The second-order valence-corrected chi connectivity index (χ2v) is 4.54. The van der Waals surface area contributed by atoms with Gasteiger partial charge in [-0.15, -0.1) is 5.10 Å². The van der Waals surface area contributed by atoms with E-state index in [1.165, 1.54) is 12.8 Å². The molecule has 0 spiro atoms. The molecule has 2 N–H and O–H groups in total. The van der Waals surface area contributed by atoms with Crippen LogP contribution in [0.25, 0.3) is 0 Å². The summed E-state index contributed by atoms with van der Waals surface area (Å²) in [7, 11) is 0. The number of nitrogens with two attached hydrogens (primary N) is 1. The molecule has 90 valence electrons. The molecule has 2 heterocycles. The van der Waals surface area contributed by atoms with Gasteiger partial charge in [-0.2, -0.15) is 0 Å². The van der Waals surface area contributed by atoms with E-state index in [-0.39, 0.29) is 0 Å². The van der Waals surface area contributed by atoms with Crippen LogP contribution in [0.4, 0.5) is 5.82 Å². The summed E-state index contributed by atoms with van der Waals surface area (Å²) in [5.41, 5.74) is 7.77. The molecule has 2 aromatic heterocycles. The van der Waals surface area contributed by atoms with E-state index < -0.39 is 0 Å². The summed E-state index contributed by atoms with van der Waals surface area (Å²) in [5, 5.41) is 7.98. The molecule has 0 atom stereocenters. The van der Waals surface area contributed by atoms with Crippen LogP contribution >= 0.6 is 0 Å². The summed E-state index contributed by atoms with van der Waals surface area (Å²) in [6.07, 6.45) is 2.34. The van der Waals surface area contributed by atoms with E-state index in [1.54, 1.807) is 4.68 Å². The first kappa shape index (κ1) is 10.3. The second-order valence-electron chi connectivity index (χ2n) is 4.54. The Hall–Kier alpha value is -1.85. The molecule has 1 saturated carbocycles. The van der Waals surface area contributed by atoms with Gasteiger partial charge in [-0.1, -0.05) is 5.21 Å². The van der Waals surface area contributed by atoms with Crippen molar-refractivity contribution in [1.29, 1.82) is 0 Å². The summed E-state index contributed by atoms with van der Waals surface area (Å²) >= 11 is 0. The summed E-state index contributed by atoms with van der Waals surface area (Å²) < 4.78 is 7.35. The molecular formula is C11H15N5O. The van der Waals surface area contributed by atoms with Crippen LogP contribution in [0.2, 0.25) is 0 Å². The number of aryl methyl sites for hydroxylation is 2. The second kappa shape index (κ2) is 3.58. The number of nitrogen functional groups attached to an aromatic ring is 1. The molecule has 1 fully saturated rings. The first-order valence-corrected chi connectivity index (χ1v) is 5.77. The number of oxazole rings is 1. The largest absolute Gasteiger partial charge is 0.444 e. The molecule has 0 amide bonds. The average Bonchev–Trinajstić information content (AvgIpc) is 2.97. The number of aromatic nitrogens is 4. The van der Waals surface area contributed by atoms with Crippen LogP contribution in [-0.2, 0) is 6.54 Å². The Balaban J connectivity index is 1.89. The maximum Gasteiger partial charge on any atom is 0.216 e. The van der Waals surface area contributed by atoms with Crippen LogP contribution in [-0.4, -0.2) is 20.0 Å². The fourth-order valence-corrected chi connectivity index (χ4v) is 1.96. The maximum absolute atomic E-state index is 5.83. The number of hydrogen-bond donors (Lipinski definition) is 1. The summed E-state index contributed by atoms with van der Waals surface area (Å²) in [6.45, 7) is 4.34. The van der Waals surface area contributed by atoms with E-state index in [0.29, 0.717) is 24.2 Å². The molecule has 2 aromatic rings. The zero-order chi connectivity index (χ0) is 12.0. The number of hydrogen-bond acceptors (Lipinski definition) is 5. The first-order chi connectivity index (χ1) is 8.15. The highest BCUT2D eigenvalue weighted by molar-refractivity contribution is 5.38. The fraction of sp³-hybridized carbons (Fsp3) is 0.545. The minimum absolute atomic E-state index is 0.505. The average molecular weight is 233 g/mol. The number of rotatable bonds is 3. The van der Waals surface area contributed by atoms with Gasteiger partial charge in [0.2, 0.25) is 5.89 Å². The van der Waals surface area contributed by atoms with Crippen molar-refractivity contribution >= 4 is 5.82 Å². The molecule has 0 saturated heterocycles. The smallest absolute Gasteiger partial charge is 0.216 e. The molecule has 1 aliphatic carbocycles. The van der Waals surface area contributed by atoms with E-state index in [1.807, 2.05) is 13.8 Å². The molecular weight excluding hydrogens is 218 g/mol. The van der Waals surface area contributed by atoms with Crippen molar-refractivity contribution in [1.82, 2.24) is 20.0 Å². The Morgan fingerprint density at radius 1 is 1.41 bits per heavy atom. The Bertz CT molecular complexity index is 533. The molecule has 0 bridgehead atoms. The van der Waals surface area contributed by atoms with Gasteiger partial charge in [0.05, 0.1) is 11.4 Å². The minimum atomic E-state index is 0.505. The third kappa shape index (κ3) is 1.79. The number of anilines is 1. The highest BCUT2D eigenvalue weighted by atomic mass is 16.4. The van der Waals surface area contributed by atoms with Crippen LogP contribution < -0.4 is 5.73 Å². The molecule has 0 aromatic carbocycles. The van der Waals surface area contributed by atoms with E-state index in [2.05, 4.69) is 15.3 Å². The monoisotopic (exact) mass is 233 g/mol. The minimum Gasteiger partial charge on any atom is -0.444 e. The topological polar surface area (TPSA) is 82.8 Å². The van der Waals surface area contributed by atoms with Gasteiger partial charge in [0.25, 0.3) is 0 Å². The number of nitrogens with zero attached hydrogens (tertiary/aromatic N) is 4. The molecule has 1 aliphatic rings. The predicted octanol–water partition coefficient (Wildman–Crippen LogP) is 1.39. The lowest BCUT2D eigenvalue weighted by Gasteiger charge is -2.02. The van der Waals surface area contributed by atoms with E-state index in [0.717, 1.165) is 17.1 Å². The van der Waals surface area contributed by atoms with E-state index >= 15 is 0 Å². The van der Waals surface area contributed by atoms with Crippen molar-refractivity contribution in [2.75, 3.05) is 5.73 Å². The van der Waals surface area contributed by atoms with Crippen molar-refractivity contribution < 1.29 is 4.42 Å². The van der Waals surface area contributed by atoms with Gasteiger partial charge >= 0.3 is 0 Å². The highest BCUT2D eigenvalue weighted by Crippen LogP contribution is 2.42. The van der Waals surface area contributed by atoms with Gasteiger partial charge in [-0.3, -0.25) is 0 Å². The molecule has 6 nitrogen and oxygen atoms in total. The first-order valence-electron chi connectivity index (χ1n) is 5.77. The maximum atomic E-state index is 5.83. The lowest BCUT2D eigenvalue weighted by molar-refractivity contribution is 0.438. The normalized spacial score (nSPS) is 15.4. The Kier molecular flexibility index (Phi) is 2.17. The van der Waals surface area contributed by atoms with Crippen molar-refractivity contribution in [2.24, 2.45) is 0 Å². The highest BCUT2D eigenvalue weighted by Gasteiger charge is 2.30. The van der Waals surface area contributed by atoms with E-state index in [4.69, 9.17) is 10.2 Å². The SMILES string of the molecule is Cc1nc(Cn2nnc(N)c2C2CC2)oc1C.